The molecule has 1 fully saturated rings. The average Bonchev–Trinajstić information content (AvgIpc) is 3.02. The maximum Gasteiger partial charge on any atom is 0.227 e. The molecule has 8 heteroatoms. The van der Waals surface area contributed by atoms with Crippen LogP contribution in [0.4, 0.5) is 0 Å². The minimum atomic E-state index is -0.0981. The topological polar surface area (TPSA) is 41.4 Å². The first-order valence-electron chi connectivity index (χ1n) is 8.55. The Hall–Kier alpha value is -1.08. The molecule has 2 aromatic rings. The molecule has 1 aliphatic heterocycles. The van der Waals surface area contributed by atoms with Crippen LogP contribution in [0.2, 0.25) is 10.0 Å². The standard InChI is InChI=1S/C18H21BrCl2N4O/c1-13(10-25-12-15(19)9-22-25)18(26)24-6-4-23(5-7-24)11-14-2-3-16(20)8-17(14)21/h2-3,8-9,12-13H,4-7,10-11H2,1H3. The second-order valence-electron chi connectivity index (χ2n) is 6.62. The summed E-state index contributed by atoms with van der Waals surface area (Å²) in [7, 11) is 0. The van der Waals surface area contributed by atoms with E-state index in [4.69, 9.17) is 23.2 Å². The summed E-state index contributed by atoms with van der Waals surface area (Å²) in [4.78, 5) is 16.9. The van der Waals surface area contributed by atoms with E-state index in [2.05, 4.69) is 25.9 Å². The van der Waals surface area contributed by atoms with Crippen LogP contribution in [0.15, 0.2) is 35.1 Å². The van der Waals surface area contributed by atoms with E-state index in [1.165, 1.54) is 0 Å². The van der Waals surface area contributed by atoms with E-state index in [0.717, 1.165) is 42.8 Å². The molecule has 1 atom stereocenters. The van der Waals surface area contributed by atoms with Gasteiger partial charge in [-0.1, -0.05) is 36.2 Å². The molecule has 1 aromatic heterocycles. The fourth-order valence-corrected chi connectivity index (χ4v) is 3.92. The van der Waals surface area contributed by atoms with Crippen molar-refractivity contribution in [2.45, 2.75) is 20.0 Å². The van der Waals surface area contributed by atoms with Crippen LogP contribution in [0.1, 0.15) is 12.5 Å². The number of carbonyl (C=O) groups is 1. The van der Waals surface area contributed by atoms with E-state index in [-0.39, 0.29) is 11.8 Å². The van der Waals surface area contributed by atoms with Crippen LogP contribution in [0, 0.1) is 5.92 Å². The summed E-state index contributed by atoms with van der Waals surface area (Å²) in [5, 5.41) is 5.56. The molecule has 1 unspecified atom stereocenters. The summed E-state index contributed by atoms with van der Waals surface area (Å²) in [6.07, 6.45) is 3.62. The van der Waals surface area contributed by atoms with Gasteiger partial charge in [-0.15, -0.1) is 0 Å². The summed E-state index contributed by atoms with van der Waals surface area (Å²) >= 11 is 15.6. The zero-order valence-corrected chi connectivity index (χ0v) is 17.6. The van der Waals surface area contributed by atoms with Gasteiger partial charge < -0.3 is 4.90 Å². The van der Waals surface area contributed by atoms with Crippen molar-refractivity contribution in [1.29, 1.82) is 0 Å². The van der Waals surface area contributed by atoms with Crippen LogP contribution in [0.3, 0.4) is 0 Å². The minimum absolute atomic E-state index is 0.0981. The number of piperazine rings is 1. The molecule has 0 spiro atoms. The Morgan fingerprint density at radius 2 is 2.00 bits per heavy atom. The number of hydrogen-bond donors (Lipinski definition) is 0. The van der Waals surface area contributed by atoms with E-state index in [9.17, 15) is 4.79 Å². The largest absolute Gasteiger partial charge is 0.340 e. The predicted octanol–water partition coefficient (Wildman–Crippen LogP) is 3.93. The number of halogens is 3. The molecule has 1 aliphatic rings. The van der Waals surface area contributed by atoms with Gasteiger partial charge in [-0.2, -0.15) is 5.10 Å². The molecule has 2 heterocycles. The molecule has 1 aromatic carbocycles. The Labute approximate surface area is 172 Å². The second-order valence-corrected chi connectivity index (χ2v) is 8.38. The predicted molar refractivity (Wildman–Crippen MR) is 107 cm³/mol. The van der Waals surface area contributed by atoms with Crippen molar-refractivity contribution in [3.05, 3.63) is 50.7 Å². The Morgan fingerprint density at radius 1 is 1.27 bits per heavy atom. The van der Waals surface area contributed by atoms with Crippen LogP contribution in [-0.4, -0.2) is 51.7 Å². The number of carbonyl (C=O) groups excluding carboxylic acids is 1. The van der Waals surface area contributed by atoms with Crippen LogP contribution < -0.4 is 0 Å². The summed E-state index contributed by atoms with van der Waals surface area (Å²) in [6.45, 7) is 6.46. The third-order valence-electron chi connectivity index (χ3n) is 4.58. The fraction of sp³-hybridized carbons (Fsp3) is 0.444. The van der Waals surface area contributed by atoms with Gasteiger partial charge in [0.1, 0.15) is 0 Å². The van der Waals surface area contributed by atoms with Gasteiger partial charge in [-0.3, -0.25) is 14.4 Å². The highest BCUT2D eigenvalue weighted by Gasteiger charge is 2.25. The molecule has 26 heavy (non-hydrogen) atoms. The third-order valence-corrected chi connectivity index (χ3v) is 5.57. The normalized spacial score (nSPS) is 16.7. The number of amides is 1. The van der Waals surface area contributed by atoms with Crippen molar-refractivity contribution in [3.8, 4) is 0 Å². The molecule has 0 saturated carbocycles. The number of aromatic nitrogens is 2. The maximum absolute atomic E-state index is 12.7. The van der Waals surface area contributed by atoms with Crippen LogP contribution >= 0.6 is 39.1 Å². The Morgan fingerprint density at radius 3 is 2.62 bits per heavy atom. The van der Waals surface area contributed by atoms with Crippen molar-refractivity contribution >= 4 is 45.0 Å². The maximum atomic E-state index is 12.7. The SMILES string of the molecule is CC(Cn1cc(Br)cn1)C(=O)N1CCN(Cc2ccc(Cl)cc2Cl)CC1. The highest BCUT2D eigenvalue weighted by atomic mass is 79.9. The first kappa shape index (κ1) is 19.7. The van der Waals surface area contributed by atoms with Gasteiger partial charge in [0.25, 0.3) is 0 Å². The summed E-state index contributed by atoms with van der Waals surface area (Å²) in [6, 6.07) is 5.60. The Kier molecular flexibility index (Phi) is 6.61. The van der Waals surface area contributed by atoms with Gasteiger partial charge in [0.2, 0.25) is 5.91 Å². The van der Waals surface area contributed by atoms with Crippen LogP contribution in [-0.2, 0) is 17.9 Å². The monoisotopic (exact) mass is 458 g/mol. The van der Waals surface area contributed by atoms with Gasteiger partial charge in [0.15, 0.2) is 0 Å². The number of nitrogens with zero attached hydrogens (tertiary/aromatic N) is 4. The van der Waals surface area contributed by atoms with Crippen LogP contribution in [0.5, 0.6) is 0 Å². The molecule has 0 aliphatic carbocycles. The number of benzene rings is 1. The lowest BCUT2D eigenvalue weighted by Crippen LogP contribution is -2.50. The van der Waals surface area contributed by atoms with Crippen molar-refractivity contribution in [1.82, 2.24) is 19.6 Å². The van der Waals surface area contributed by atoms with E-state index in [0.29, 0.717) is 16.6 Å². The fourth-order valence-electron chi connectivity index (χ4n) is 3.13. The van der Waals surface area contributed by atoms with E-state index in [1.54, 1.807) is 16.9 Å². The molecule has 0 radical (unpaired) electrons. The second kappa shape index (κ2) is 8.74. The average molecular weight is 460 g/mol. The van der Waals surface area contributed by atoms with Gasteiger partial charge in [0.05, 0.1) is 23.1 Å². The van der Waals surface area contributed by atoms with Gasteiger partial charge in [-0.05, 0) is 33.6 Å². The van der Waals surface area contributed by atoms with Crippen molar-refractivity contribution in [2.75, 3.05) is 26.2 Å². The number of rotatable bonds is 5. The quantitative estimate of drug-likeness (QED) is 0.680. The molecular formula is C18H21BrCl2N4O. The summed E-state index contributed by atoms with van der Waals surface area (Å²) < 4.78 is 2.72. The molecule has 1 amide bonds. The van der Waals surface area contributed by atoms with Gasteiger partial charge in [0, 0.05) is 49.0 Å². The zero-order valence-electron chi connectivity index (χ0n) is 14.5. The summed E-state index contributed by atoms with van der Waals surface area (Å²) in [5.74, 6) is 0.0832. The Balaban J connectivity index is 1.50. The molecule has 140 valence electrons. The summed E-state index contributed by atoms with van der Waals surface area (Å²) in [5.41, 5.74) is 1.06. The first-order chi connectivity index (χ1) is 12.4. The lowest BCUT2D eigenvalue weighted by molar-refractivity contribution is -0.137. The van der Waals surface area contributed by atoms with Crippen LogP contribution in [0.25, 0.3) is 0 Å². The van der Waals surface area contributed by atoms with E-state index in [1.807, 2.05) is 30.2 Å². The molecule has 5 nitrogen and oxygen atoms in total. The minimum Gasteiger partial charge on any atom is -0.340 e. The first-order valence-corrected chi connectivity index (χ1v) is 10.1. The van der Waals surface area contributed by atoms with Gasteiger partial charge >= 0.3 is 0 Å². The molecule has 1 saturated heterocycles. The molecular weight excluding hydrogens is 439 g/mol. The Bertz CT molecular complexity index is 774. The lowest BCUT2D eigenvalue weighted by Gasteiger charge is -2.36. The van der Waals surface area contributed by atoms with E-state index < -0.39 is 0 Å². The zero-order chi connectivity index (χ0) is 18.7. The smallest absolute Gasteiger partial charge is 0.227 e. The highest BCUT2D eigenvalue weighted by molar-refractivity contribution is 9.10. The van der Waals surface area contributed by atoms with Crippen molar-refractivity contribution in [3.63, 3.8) is 0 Å². The van der Waals surface area contributed by atoms with E-state index >= 15 is 0 Å². The van der Waals surface area contributed by atoms with Gasteiger partial charge in [-0.25, -0.2) is 0 Å². The van der Waals surface area contributed by atoms with Crippen molar-refractivity contribution < 1.29 is 4.79 Å². The highest BCUT2D eigenvalue weighted by Crippen LogP contribution is 2.23. The van der Waals surface area contributed by atoms with Crippen molar-refractivity contribution in [2.24, 2.45) is 5.92 Å². The molecule has 0 bridgehead atoms. The molecule has 3 rings (SSSR count). The molecule has 0 N–H and O–H groups in total. The third kappa shape index (κ3) is 5.00. The lowest BCUT2D eigenvalue weighted by atomic mass is 10.1. The number of hydrogen-bond acceptors (Lipinski definition) is 3.